The van der Waals surface area contributed by atoms with Crippen molar-refractivity contribution in [2.75, 3.05) is 52.7 Å². The summed E-state index contributed by atoms with van der Waals surface area (Å²) in [6.45, 7) is 2.23. The number of carboxylic acids is 1. The van der Waals surface area contributed by atoms with E-state index in [-0.39, 0.29) is 5.91 Å². The van der Waals surface area contributed by atoms with Crippen LogP contribution in [0.15, 0.2) is 6.33 Å². The van der Waals surface area contributed by atoms with Gasteiger partial charge in [0, 0.05) is 53.3 Å². The van der Waals surface area contributed by atoms with E-state index in [1.165, 1.54) is 5.56 Å². The molecule has 1 aromatic rings. The number of anilines is 1. The van der Waals surface area contributed by atoms with Crippen molar-refractivity contribution in [3.8, 4) is 0 Å². The number of carbonyl (C=O) groups excluding carboxylic acids is 1. The zero-order valence-corrected chi connectivity index (χ0v) is 15.7. The van der Waals surface area contributed by atoms with Gasteiger partial charge in [-0.15, -0.1) is 0 Å². The number of aromatic nitrogens is 2. The van der Waals surface area contributed by atoms with Gasteiger partial charge in [0.15, 0.2) is 0 Å². The number of likely N-dealkylation sites (N-methyl/N-ethyl adjacent to an activating group) is 1. The van der Waals surface area contributed by atoms with E-state index >= 15 is 0 Å². The number of carbonyl (C=O) groups is 2. The van der Waals surface area contributed by atoms with Crippen molar-refractivity contribution < 1.29 is 27.9 Å². The van der Waals surface area contributed by atoms with Gasteiger partial charge in [-0.2, -0.15) is 13.2 Å². The molecular weight excluding hydrogens is 367 g/mol. The number of rotatable bonds is 3. The van der Waals surface area contributed by atoms with Crippen molar-refractivity contribution in [1.29, 1.82) is 0 Å². The molecule has 1 amide bonds. The fraction of sp³-hybridized carbons (Fsp3) is 0.625. The van der Waals surface area contributed by atoms with E-state index < -0.39 is 12.1 Å². The maximum Gasteiger partial charge on any atom is 0.490 e. The van der Waals surface area contributed by atoms with E-state index in [2.05, 4.69) is 14.9 Å². The van der Waals surface area contributed by atoms with Crippen molar-refractivity contribution >= 4 is 17.7 Å². The summed E-state index contributed by atoms with van der Waals surface area (Å²) in [7, 11) is 7.59. The second-order valence-corrected chi connectivity index (χ2v) is 6.38. The summed E-state index contributed by atoms with van der Waals surface area (Å²) in [6, 6.07) is 0. The van der Waals surface area contributed by atoms with Crippen molar-refractivity contribution in [1.82, 2.24) is 19.8 Å². The molecular formula is C16H24F3N5O3. The van der Waals surface area contributed by atoms with E-state index in [0.717, 1.165) is 37.4 Å². The molecule has 0 saturated heterocycles. The number of nitrogens with zero attached hydrogens (tertiary/aromatic N) is 5. The minimum Gasteiger partial charge on any atom is -0.475 e. The molecule has 2 rings (SSSR count). The maximum atomic E-state index is 11.8. The van der Waals surface area contributed by atoms with Crippen LogP contribution in [0.5, 0.6) is 0 Å². The lowest BCUT2D eigenvalue weighted by molar-refractivity contribution is -0.192. The van der Waals surface area contributed by atoms with Crippen LogP contribution in [-0.4, -0.2) is 90.8 Å². The van der Waals surface area contributed by atoms with Gasteiger partial charge in [0.25, 0.3) is 0 Å². The van der Waals surface area contributed by atoms with Gasteiger partial charge < -0.3 is 14.9 Å². The average Bonchev–Trinajstić information content (AvgIpc) is 2.76. The molecule has 0 saturated carbocycles. The highest BCUT2D eigenvalue weighted by Gasteiger charge is 2.38. The van der Waals surface area contributed by atoms with Crippen LogP contribution in [0.4, 0.5) is 19.0 Å². The lowest BCUT2D eigenvalue weighted by Gasteiger charge is -2.21. The molecule has 11 heteroatoms. The topological polar surface area (TPSA) is 89.9 Å². The Morgan fingerprint density at radius 1 is 1.15 bits per heavy atom. The van der Waals surface area contributed by atoms with Crippen LogP contribution in [-0.2, 0) is 22.4 Å². The van der Waals surface area contributed by atoms with Crippen LogP contribution >= 0.6 is 0 Å². The highest BCUT2D eigenvalue weighted by molar-refractivity contribution is 5.77. The Morgan fingerprint density at radius 2 is 1.70 bits per heavy atom. The number of amides is 1. The van der Waals surface area contributed by atoms with Gasteiger partial charge >= 0.3 is 12.1 Å². The van der Waals surface area contributed by atoms with Crippen molar-refractivity contribution in [3.05, 3.63) is 17.6 Å². The van der Waals surface area contributed by atoms with Crippen molar-refractivity contribution in [2.45, 2.75) is 19.0 Å². The Hall–Kier alpha value is -2.43. The summed E-state index contributed by atoms with van der Waals surface area (Å²) in [5.41, 5.74) is 2.33. The number of fused-ring (bicyclic) bond motifs is 1. The summed E-state index contributed by atoms with van der Waals surface area (Å²) in [5.74, 6) is -1.61. The first-order chi connectivity index (χ1) is 12.4. The summed E-state index contributed by atoms with van der Waals surface area (Å²) >= 11 is 0. The van der Waals surface area contributed by atoms with Crippen molar-refractivity contribution in [2.24, 2.45) is 0 Å². The van der Waals surface area contributed by atoms with Crippen LogP contribution in [0.25, 0.3) is 0 Å². The van der Waals surface area contributed by atoms with Gasteiger partial charge in [-0.05, 0) is 6.42 Å². The Balaban J connectivity index is 0.000000445. The zero-order chi connectivity index (χ0) is 20.8. The molecule has 1 N–H and O–H groups in total. The fourth-order valence-electron chi connectivity index (χ4n) is 2.43. The van der Waals surface area contributed by atoms with Gasteiger partial charge in [-0.25, -0.2) is 14.8 Å². The molecule has 0 atom stereocenters. The first-order valence-electron chi connectivity index (χ1n) is 8.16. The molecule has 0 aliphatic carbocycles. The average molecular weight is 391 g/mol. The van der Waals surface area contributed by atoms with Crippen LogP contribution in [0.3, 0.4) is 0 Å². The second-order valence-electron chi connectivity index (χ2n) is 6.38. The molecule has 152 valence electrons. The highest BCUT2D eigenvalue weighted by atomic mass is 19.4. The summed E-state index contributed by atoms with van der Waals surface area (Å²) in [6.07, 6.45) is -1.68. The fourth-order valence-corrected chi connectivity index (χ4v) is 2.43. The van der Waals surface area contributed by atoms with E-state index in [9.17, 15) is 18.0 Å². The highest BCUT2D eigenvalue weighted by Crippen LogP contribution is 2.22. The third-order valence-electron chi connectivity index (χ3n) is 3.88. The largest absolute Gasteiger partial charge is 0.490 e. The number of aliphatic carboxylic acids is 1. The Kier molecular flexibility index (Phi) is 7.95. The van der Waals surface area contributed by atoms with E-state index in [0.29, 0.717) is 6.54 Å². The predicted octanol–water partition coefficient (Wildman–Crippen LogP) is 0.665. The molecule has 8 nitrogen and oxygen atoms in total. The molecule has 0 aromatic carbocycles. The molecule has 0 bridgehead atoms. The lowest BCUT2D eigenvalue weighted by atomic mass is 10.1. The maximum absolute atomic E-state index is 11.8. The summed E-state index contributed by atoms with van der Waals surface area (Å²) in [5, 5.41) is 7.12. The third-order valence-corrected chi connectivity index (χ3v) is 3.88. The molecule has 1 aliphatic rings. The third kappa shape index (κ3) is 7.00. The monoisotopic (exact) mass is 391 g/mol. The number of carboxylic acid groups (broad SMARTS) is 1. The minimum absolute atomic E-state index is 0.148. The molecule has 2 heterocycles. The molecule has 0 radical (unpaired) electrons. The number of halogens is 3. The molecule has 1 aromatic heterocycles. The molecule has 0 unspecified atom stereocenters. The standard InChI is InChI=1S/C14H23N5O.C2HF3O2/c1-17(2)13(20)9-19-7-5-11-12(6-8-19)15-10-16-14(11)18(3)4;3-2(4,5)1(6)7/h10H,5-9H2,1-4H3;(H,6,7). The van der Waals surface area contributed by atoms with Crippen molar-refractivity contribution in [3.63, 3.8) is 0 Å². The SMILES string of the molecule is CN(C)C(=O)CN1CCc2ncnc(N(C)C)c2CC1.O=C(O)C(F)(F)F. The first-order valence-corrected chi connectivity index (χ1v) is 8.16. The Morgan fingerprint density at radius 3 is 2.19 bits per heavy atom. The molecule has 0 spiro atoms. The lowest BCUT2D eigenvalue weighted by Crippen LogP contribution is -2.37. The minimum atomic E-state index is -5.08. The Bertz CT molecular complexity index is 665. The van der Waals surface area contributed by atoms with Gasteiger partial charge in [-0.1, -0.05) is 0 Å². The number of hydrogen-bond donors (Lipinski definition) is 1. The van der Waals surface area contributed by atoms with Gasteiger partial charge in [0.2, 0.25) is 5.91 Å². The number of hydrogen-bond acceptors (Lipinski definition) is 6. The van der Waals surface area contributed by atoms with E-state index in [1.54, 1.807) is 25.3 Å². The summed E-state index contributed by atoms with van der Waals surface area (Å²) < 4.78 is 31.7. The van der Waals surface area contributed by atoms with Crippen LogP contribution in [0, 0.1) is 0 Å². The van der Waals surface area contributed by atoms with Crippen LogP contribution in [0.1, 0.15) is 11.3 Å². The van der Waals surface area contributed by atoms with Crippen LogP contribution in [0.2, 0.25) is 0 Å². The van der Waals surface area contributed by atoms with E-state index in [1.807, 2.05) is 19.0 Å². The van der Waals surface area contributed by atoms with Gasteiger partial charge in [-0.3, -0.25) is 9.69 Å². The Labute approximate surface area is 155 Å². The number of alkyl halides is 3. The first kappa shape index (κ1) is 22.6. The molecule has 0 fully saturated rings. The van der Waals surface area contributed by atoms with E-state index in [4.69, 9.17) is 9.90 Å². The van der Waals surface area contributed by atoms with Gasteiger partial charge in [0.05, 0.1) is 12.2 Å². The molecule has 1 aliphatic heterocycles. The second kappa shape index (κ2) is 9.49. The summed E-state index contributed by atoms with van der Waals surface area (Å²) in [4.78, 5) is 35.4. The van der Waals surface area contributed by atoms with Crippen LogP contribution < -0.4 is 4.90 Å². The predicted molar refractivity (Wildman–Crippen MR) is 92.6 cm³/mol. The molecule has 27 heavy (non-hydrogen) atoms. The normalized spacial score (nSPS) is 14.3. The smallest absolute Gasteiger partial charge is 0.475 e. The van der Waals surface area contributed by atoms with Gasteiger partial charge in [0.1, 0.15) is 12.1 Å². The zero-order valence-electron chi connectivity index (χ0n) is 15.7. The quantitative estimate of drug-likeness (QED) is 0.810.